The molecule has 5 nitrogen and oxygen atoms in total. The van der Waals surface area contributed by atoms with E-state index in [0.29, 0.717) is 36.9 Å². The van der Waals surface area contributed by atoms with Crippen LogP contribution in [0.5, 0.6) is 17.2 Å². The highest BCUT2D eigenvalue weighted by molar-refractivity contribution is 5.39. The van der Waals surface area contributed by atoms with Crippen molar-refractivity contribution in [1.29, 1.82) is 0 Å². The van der Waals surface area contributed by atoms with Crippen LogP contribution in [0.1, 0.15) is 12.5 Å². The second-order valence-corrected chi connectivity index (χ2v) is 6.22. The molecule has 1 unspecified atom stereocenters. The second kappa shape index (κ2) is 11.4. The fourth-order valence-corrected chi connectivity index (χ4v) is 2.67. The molecule has 0 radical (unpaired) electrons. The first-order valence-electron chi connectivity index (χ1n) is 9.11. The SMILES string of the molecule is CCOc1ccccc1OCC(O)CN(C)Cc1ccc(OCCF)cc1. The van der Waals surface area contributed by atoms with Crippen molar-refractivity contribution in [3.8, 4) is 17.2 Å². The fourth-order valence-electron chi connectivity index (χ4n) is 2.67. The van der Waals surface area contributed by atoms with Crippen LogP contribution in [0.2, 0.25) is 0 Å². The summed E-state index contributed by atoms with van der Waals surface area (Å²) in [4.78, 5) is 2.01. The molecule has 0 amide bonds. The maximum Gasteiger partial charge on any atom is 0.161 e. The molecule has 1 N–H and O–H groups in total. The molecule has 0 fully saturated rings. The number of hydrogen-bond acceptors (Lipinski definition) is 5. The largest absolute Gasteiger partial charge is 0.491 e. The summed E-state index contributed by atoms with van der Waals surface area (Å²) in [5, 5.41) is 10.3. The van der Waals surface area contributed by atoms with Gasteiger partial charge >= 0.3 is 0 Å². The molecule has 0 bridgehead atoms. The number of nitrogens with zero attached hydrogens (tertiary/aromatic N) is 1. The van der Waals surface area contributed by atoms with Crippen LogP contribution in [0, 0.1) is 0 Å². The maximum atomic E-state index is 12.1. The summed E-state index contributed by atoms with van der Waals surface area (Å²) in [7, 11) is 1.94. The van der Waals surface area contributed by atoms with E-state index in [0.717, 1.165) is 5.56 Å². The number of rotatable bonds is 12. The van der Waals surface area contributed by atoms with Crippen LogP contribution in [0.25, 0.3) is 0 Å². The number of para-hydroxylation sites is 2. The zero-order valence-electron chi connectivity index (χ0n) is 15.9. The third kappa shape index (κ3) is 7.45. The monoisotopic (exact) mass is 377 g/mol. The standard InChI is InChI=1S/C21H28FNO4/c1-3-25-20-6-4-5-7-21(20)27-16-18(24)15-23(2)14-17-8-10-19(11-9-17)26-13-12-22/h4-11,18,24H,3,12-16H2,1-2H3. The molecular formula is C21H28FNO4. The molecule has 0 aliphatic rings. The van der Waals surface area contributed by atoms with Crippen molar-refractivity contribution in [3.63, 3.8) is 0 Å². The third-order valence-corrected chi connectivity index (χ3v) is 3.82. The zero-order valence-corrected chi connectivity index (χ0v) is 15.9. The summed E-state index contributed by atoms with van der Waals surface area (Å²) in [5.74, 6) is 1.96. The predicted molar refractivity (Wildman–Crippen MR) is 103 cm³/mol. The molecule has 148 valence electrons. The van der Waals surface area contributed by atoms with Crippen LogP contribution in [-0.4, -0.2) is 56.2 Å². The summed E-state index contributed by atoms with van der Waals surface area (Å²) in [6.45, 7) is 3.37. The third-order valence-electron chi connectivity index (χ3n) is 3.82. The normalized spacial score (nSPS) is 12.0. The fraction of sp³-hybridized carbons (Fsp3) is 0.429. The van der Waals surface area contributed by atoms with Gasteiger partial charge in [0.15, 0.2) is 11.5 Å². The molecule has 0 saturated heterocycles. The molecular weight excluding hydrogens is 349 g/mol. The van der Waals surface area contributed by atoms with Crippen molar-refractivity contribution in [2.45, 2.75) is 19.6 Å². The molecule has 0 saturated carbocycles. The summed E-state index contributed by atoms with van der Waals surface area (Å²) in [6.07, 6.45) is -0.628. The molecule has 0 spiro atoms. The van der Waals surface area contributed by atoms with Crippen molar-refractivity contribution in [1.82, 2.24) is 4.90 Å². The molecule has 0 aliphatic heterocycles. The van der Waals surface area contributed by atoms with E-state index in [1.807, 2.05) is 67.4 Å². The topological polar surface area (TPSA) is 51.2 Å². The Hall–Kier alpha value is -2.31. The first-order chi connectivity index (χ1) is 13.1. The quantitative estimate of drug-likeness (QED) is 0.615. The second-order valence-electron chi connectivity index (χ2n) is 6.22. The van der Waals surface area contributed by atoms with Gasteiger partial charge in [0.25, 0.3) is 0 Å². The van der Waals surface area contributed by atoms with Gasteiger partial charge in [0, 0.05) is 13.1 Å². The summed E-state index contributed by atoms with van der Waals surface area (Å²) in [6, 6.07) is 14.9. The van der Waals surface area contributed by atoms with Crippen molar-refractivity contribution in [3.05, 3.63) is 54.1 Å². The van der Waals surface area contributed by atoms with Gasteiger partial charge in [-0.2, -0.15) is 0 Å². The van der Waals surface area contributed by atoms with E-state index in [4.69, 9.17) is 14.2 Å². The Morgan fingerprint density at radius 1 is 1.00 bits per heavy atom. The van der Waals surface area contributed by atoms with Gasteiger partial charge < -0.3 is 19.3 Å². The Morgan fingerprint density at radius 3 is 2.30 bits per heavy atom. The number of hydrogen-bond donors (Lipinski definition) is 1. The summed E-state index contributed by atoms with van der Waals surface area (Å²) < 4.78 is 28.6. The number of halogens is 1. The van der Waals surface area contributed by atoms with Crippen LogP contribution >= 0.6 is 0 Å². The Balaban J connectivity index is 1.77. The van der Waals surface area contributed by atoms with Gasteiger partial charge in [-0.15, -0.1) is 0 Å². The number of benzene rings is 2. The molecule has 2 aromatic rings. The van der Waals surface area contributed by atoms with Crippen molar-refractivity contribution in [2.24, 2.45) is 0 Å². The highest BCUT2D eigenvalue weighted by Crippen LogP contribution is 2.26. The first-order valence-corrected chi connectivity index (χ1v) is 9.11. The Morgan fingerprint density at radius 2 is 1.67 bits per heavy atom. The average molecular weight is 377 g/mol. The predicted octanol–water partition coefficient (Wildman–Crippen LogP) is 3.31. The van der Waals surface area contributed by atoms with Gasteiger partial charge in [-0.3, -0.25) is 4.90 Å². The van der Waals surface area contributed by atoms with Crippen molar-refractivity contribution < 1.29 is 23.7 Å². The highest BCUT2D eigenvalue weighted by Gasteiger charge is 2.12. The number of ether oxygens (including phenoxy) is 3. The molecule has 1 atom stereocenters. The van der Waals surface area contributed by atoms with Crippen LogP contribution in [0.3, 0.4) is 0 Å². The minimum absolute atomic E-state index is 0.0673. The van der Waals surface area contributed by atoms with E-state index in [-0.39, 0.29) is 13.2 Å². The lowest BCUT2D eigenvalue weighted by atomic mass is 10.2. The molecule has 2 aromatic carbocycles. The Kier molecular flexibility index (Phi) is 8.87. The average Bonchev–Trinajstić information content (AvgIpc) is 2.67. The van der Waals surface area contributed by atoms with Crippen LogP contribution in [0.4, 0.5) is 4.39 Å². The minimum Gasteiger partial charge on any atom is -0.491 e. The van der Waals surface area contributed by atoms with Crippen LogP contribution < -0.4 is 14.2 Å². The molecule has 27 heavy (non-hydrogen) atoms. The lowest BCUT2D eigenvalue weighted by molar-refractivity contribution is 0.0730. The number of likely N-dealkylation sites (N-methyl/N-ethyl adjacent to an activating group) is 1. The van der Waals surface area contributed by atoms with E-state index in [9.17, 15) is 9.50 Å². The number of alkyl halides is 1. The Labute approximate surface area is 160 Å². The Bertz CT molecular complexity index is 665. The van der Waals surface area contributed by atoms with Gasteiger partial charge in [0.2, 0.25) is 0 Å². The summed E-state index contributed by atoms with van der Waals surface area (Å²) >= 11 is 0. The van der Waals surface area contributed by atoms with E-state index in [1.54, 1.807) is 0 Å². The molecule has 0 heterocycles. The van der Waals surface area contributed by atoms with Crippen LogP contribution in [-0.2, 0) is 6.54 Å². The maximum absolute atomic E-state index is 12.1. The van der Waals surface area contributed by atoms with Gasteiger partial charge in [0.05, 0.1) is 6.61 Å². The van der Waals surface area contributed by atoms with Crippen molar-refractivity contribution in [2.75, 3.05) is 40.1 Å². The molecule has 0 aromatic heterocycles. The van der Waals surface area contributed by atoms with E-state index in [1.165, 1.54) is 0 Å². The molecule has 0 aliphatic carbocycles. The lowest BCUT2D eigenvalue weighted by Crippen LogP contribution is -2.32. The van der Waals surface area contributed by atoms with Gasteiger partial charge in [-0.05, 0) is 43.8 Å². The molecule has 6 heteroatoms. The first kappa shape index (κ1) is 21.0. The minimum atomic E-state index is -0.628. The number of aliphatic hydroxyl groups excluding tert-OH is 1. The smallest absolute Gasteiger partial charge is 0.161 e. The highest BCUT2D eigenvalue weighted by atomic mass is 19.1. The van der Waals surface area contributed by atoms with E-state index in [2.05, 4.69) is 0 Å². The summed E-state index contributed by atoms with van der Waals surface area (Å²) in [5.41, 5.74) is 1.08. The van der Waals surface area contributed by atoms with Gasteiger partial charge in [-0.1, -0.05) is 24.3 Å². The van der Waals surface area contributed by atoms with E-state index >= 15 is 0 Å². The van der Waals surface area contributed by atoms with Crippen molar-refractivity contribution >= 4 is 0 Å². The zero-order chi connectivity index (χ0) is 19.5. The van der Waals surface area contributed by atoms with Gasteiger partial charge in [-0.25, -0.2) is 4.39 Å². The molecule has 2 rings (SSSR count). The van der Waals surface area contributed by atoms with E-state index < -0.39 is 12.8 Å². The van der Waals surface area contributed by atoms with Crippen LogP contribution in [0.15, 0.2) is 48.5 Å². The lowest BCUT2D eigenvalue weighted by Gasteiger charge is -2.21. The number of aliphatic hydroxyl groups is 1. The van der Waals surface area contributed by atoms with Gasteiger partial charge in [0.1, 0.15) is 31.7 Å².